The molecule has 0 saturated carbocycles. The molecule has 4 atom stereocenters. The SMILES string of the molecule is C[C@H](NC(=O)[C@H](Cc1ccc(OCc2ccccc2)cc1)NC(=O)OC(C)(C)C)C(=O)N[C@@H](C[C@]1(O)C(=O)N(C)c2ccccc21)C(=O)NCc1ccccc1. The number of anilines is 1. The molecule has 5 amide bonds. The summed E-state index contributed by atoms with van der Waals surface area (Å²) < 4.78 is 11.3. The molecule has 0 saturated heterocycles. The fourth-order valence-electron chi connectivity index (χ4n) is 6.26. The fraction of sp³-hybridized carbons (Fsp3) is 0.326. The van der Waals surface area contributed by atoms with Crippen LogP contribution >= 0.6 is 0 Å². The van der Waals surface area contributed by atoms with Gasteiger partial charge in [-0.1, -0.05) is 91.0 Å². The Hall–Kier alpha value is -6.21. The lowest BCUT2D eigenvalue weighted by Crippen LogP contribution is -2.57. The highest BCUT2D eigenvalue weighted by Crippen LogP contribution is 2.42. The molecule has 1 aliphatic rings. The zero-order valence-corrected chi connectivity index (χ0v) is 32.2. The highest BCUT2D eigenvalue weighted by atomic mass is 16.6. The number of benzene rings is 4. The van der Waals surface area contributed by atoms with Crippen molar-refractivity contribution in [3.8, 4) is 5.75 Å². The summed E-state index contributed by atoms with van der Waals surface area (Å²) in [4.78, 5) is 68.8. The van der Waals surface area contributed by atoms with Gasteiger partial charge in [0.25, 0.3) is 5.91 Å². The van der Waals surface area contributed by atoms with E-state index < -0.39 is 65.5 Å². The van der Waals surface area contributed by atoms with Crippen LogP contribution in [0.1, 0.15) is 56.4 Å². The molecule has 0 unspecified atom stereocenters. The quantitative estimate of drug-likeness (QED) is 0.119. The number of likely N-dealkylation sites (N-methyl/N-ethyl adjacent to an activating group) is 1. The van der Waals surface area contributed by atoms with E-state index in [1.54, 1.807) is 69.3 Å². The van der Waals surface area contributed by atoms with Gasteiger partial charge >= 0.3 is 6.09 Å². The Morgan fingerprint density at radius 1 is 0.732 bits per heavy atom. The van der Waals surface area contributed by atoms with E-state index in [4.69, 9.17) is 9.47 Å². The third-order valence-electron chi connectivity index (χ3n) is 9.18. The van der Waals surface area contributed by atoms with Gasteiger partial charge in [-0.3, -0.25) is 19.2 Å². The molecule has 4 aromatic carbocycles. The Labute approximate surface area is 326 Å². The molecule has 0 fully saturated rings. The van der Waals surface area contributed by atoms with Gasteiger partial charge in [-0.25, -0.2) is 4.79 Å². The van der Waals surface area contributed by atoms with E-state index in [1.807, 2.05) is 60.7 Å². The lowest BCUT2D eigenvalue weighted by Gasteiger charge is -2.29. The second-order valence-corrected chi connectivity index (χ2v) is 14.8. The number of carbonyl (C=O) groups is 5. The number of carbonyl (C=O) groups excluding carboxylic acids is 5. The highest BCUT2D eigenvalue weighted by molar-refractivity contribution is 6.07. The standard InChI is InChI=1S/C43H49N5O8/c1-28(45-39(51)34(47-41(53)56-42(2,3)4)24-29-20-22-32(23-21-29)55-27-31-16-10-7-11-17-31)37(49)46-35(38(50)44-26-30-14-8-6-9-15-30)25-43(54)33-18-12-13-19-36(33)48(5)40(43)52/h6-23,28,34-35,54H,24-27H2,1-5H3,(H,44,50)(H,45,51)(H,46,49)(H,47,53)/t28-,34-,35-,43+/m0/s1. The maximum absolute atomic E-state index is 13.8. The van der Waals surface area contributed by atoms with E-state index in [0.717, 1.165) is 11.1 Å². The summed E-state index contributed by atoms with van der Waals surface area (Å²) in [6.45, 7) is 7.01. The molecule has 294 valence electrons. The molecule has 13 nitrogen and oxygen atoms in total. The Morgan fingerprint density at radius 3 is 1.98 bits per heavy atom. The van der Waals surface area contributed by atoms with Crippen LogP contribution < -0.4 is 30.9 Å². The smallest absolute Gasteiger partial charge is 0.408 e. The number of amides is 5. The molecule has 5 rings (SSSR count). The van der Waals surface area contributed by atoms with Gasteiger partial charge in [-0.05, 0) is 62.6 Å². The summed E-state index contributed by atoms with van der Waals surface area (Å²) in [5.41, 5.74) is 0.318. The van der Waals surface area contributed by atoms with Crippen LogP contribution in [0.3, 0.4) is 0 Å². The number of nitrogens with zero attached hydrogens (tertiary/aromatic N) is 1. The van der Waals surface area contributed by atoms with Crippen LogP contribution in [0.25, 0.3) is 0 Å². The van der Waals surface area contributed by atoms with Crippen molar-refractivity contribution in [3.05, 3.63) is 131 Å². The van der Waals surface area contributed by atoms with Crippen LogP contribution in [0.15, 0.2) is 109 Å². The number of hydrogen-bond donors (Lipinski definition) is 5. The largest absolute Gasteiger partial charge is 0.489 e. The van der Waals surface area contributed by atoms with Gasteiger partial charge in [-0.15, -0.1) is 0 Å². The highest BCUT2D eigenvalue weighted by Gasteiger charge is 2.50. The second kappa shape index (κ2) is 17.9. The van der Waals surface area contributed by atoms with E-state index in [2.05, 4.69) is 21.3 Å². The zero-order chi connectivity index (χ0) is 40.5. The third kappa shape index (κ3) is 10.7. The van der Waals surface area contributed by atoms with Crippen molar-refractivity contribution < 1.29 is 38.6 Å². The summed E-state index contributed by atoms with van der Waals surface area (Å²) in [5, 5.41) is 22.5. The lowest BCUT2D eigenvalue weighted by atomic mass is 9.88. The van der Waals surface area contributed by atoms with Crippen molar-refractivity contribution in [2.24, 2.45) is 0 Å². The zero-order valence-electron chi connectivity index (χ0n) is 32.2. The van der Waals surface area contributed by atoms with Crippen LogP contribution in [-0.2, 0) is 49.1 Å². The minimum Gasteiger partial charge on any atom is -0.489 e. The molecular formula is C43H49N5O8. The van der Waals surface area contributed by atoms with E-state index in [0.29, 0.717) is 29.2 Å². The minimum absolute atomic E-state index is 0.0466. The van der Waals surface area contributed by atoms with Crippen LogP contribution in [0, 0.1) is 0 Å². The molecule has 0 radical (unpaired) electrons. The predicted octanol–water partition coefficient (Wildman–Crippen LogP) is 4.26. The first-order valence-corrected chi connectivity index (χ1v) is 18.4. The monoisotopic (exact) mass is 763 g/mol. The normalized spacial score (nSPS) is 16.5. The van der Waals surface area contributed by atoms with E-state index >= 15 is 0 Å². The Kier molecular flexibility index (Phi) is 13.1. The summed E-state index contributed by atoms with van der Waals surface area (Å²) in [7, 11) is 1.52. The van der Waals surface area contributed by atoms with E-state index in [1.165, 1.54) is 18.9 Å². The first-order chi connectivity index (χ1) is 26.6. The topological polar surface area (TPSA) is 175 Å². The maximum Gasteiger partial charge on any atom is 0.408 e. The predicted molar refractivity (Wildman–Crippen MR) is 210 cm³/mol. The number of aliphatic hydroxyl groups is 1. The summed E-state index contributed by atoms with van der Waals surface area (Å²) in [6, 6.07) is 28.8. The Morgan fingerprint density at radius 2 is 1.34 bits per heavy atom. The molecule has 56 heavy (non-hydrogen) atoms. The molecule has 4 aromatic rings. The minimum atomic E-state index is -2.12. The van der Waals surface area contributed by atoms with Crippen LogP contribution in [0.4, 0.5) is 10.5 Å². The van der Waals surface area contributed by atoms with Gasteiger partial charge < -0.3 is 40.7 Å². The van der Waals surface area contributed by atoms with Gasteiger partial charge in [0.15, 0.2) is 5.60 Å². The van der Waals surface area contributed by atoms with Crippen molar-refractivity contribution in [1.29, 1.82) is 0 Å². The molecular weight excluding hydrogens is 714 g/mol. The van der Waals surface area contributed by atoms with Crippen molar-refractivity contribution in [1.82, 2.24) is 21.3 Å². The second-order valence-electron chi connectivity index (χ2n) is 14.8. The molecule has 1 aliphatic heterocycles. The van der Waals surface area contributed by atoms with Crippen LogP contribution in [0.5, 0.6) is 5.75 Å². The molecule has 0 spiro atoms. The lowest BCUT2D eigenvalue weighted by molar-refractivity contribution is -0.140. The molecule has 0 bridgehead atoms. The van der Waals surface area contributed by atoms with Crippen molar-refractivity contribution in [2.45, 2.75) is 83.0 Å². The molecule has 5 N–H and O–H groups in total. The molecule has 13 heteroatoms. The summed E-state index contributed by atoms with van der Waals surface area (Å²) >= 11 is 0. The average Bonchev–Trinajstić information content (AvgIpc) is 3.36. The molecule has 1 heterocycles. The maximum atomic E-state index is 13.8. The summed E-state index contributed by atoms with van der Waals surface area (Å²) in [6.07, 6.45) is -1.26. The van der Waals surface area contributed by atoms with E-state index in [-0.39, 0.29) is 13.0 Å². The average molecular weight is 764 g/mol. The first kappa shape index (κ1) is 41.0. The number of alkyl carbamates (subject to hydrolysis) is 1. The number of fused-ring (bicyclic) bond motifs is 1. The van der Waals surface area contributed by atoms with Gasteiger partial charge in [0.2, 0.25) is 17.7 Å². The fourth-order valence-corrected chi connectivity index (χ4v) is 6.26. The van der Waals surface area contributed by atoms with E-state index in [9.17, 15) is 29.1 Å². The van der Waals surface area contributed by atoms with Crippen LogP contribution in [0.2, 0.25) is 0 Å². The molecule has 0 aromatic heterocycles. The van der Waals surface area contributed by atoms with Gasteiger partial charge in [0.05, 0.1) is 5.69 Å². The number of ether oxygens (including phenoxy) is 2. The van der Waals surface area contributed by atoms with Crippen molar-refractivity contribution >= 4 is 35.4 Å². The van der Waals surface area contributed by atoms with Gasteiger partial charge in [0, 0.05) is 32.0 Å². The number of rotatable bonds is 15. The number of nitrogens with one attached hydrogen (secondary N) is 4. The summed E-state index contributed by atoms with van der Waals surface area (Å²) in [5.74, 6) is -2.12. The number of hydrogen-bond acceptors (Lipinski definition) is 8. The van der Waals surface area contributed by atoms with Crippen molar-refractivity contribution in [3.63, 3.8) is 0 Å². The Balaban J connectivity index is 1.30. The first-order valence-electron chi connectivity index (χ1n) is 18.4. The Bertz CT molecular complexity index is 2000. The van der Waals surface area contributed by atoms with Gasteiger partial charge in [-0.2, -0.15) is 0 Å². The molecule has 0 aliphatic carbocycles. The third-order valence-corrected chi connectivity index (χ3v) is 9.18. The van der Waals surface area contributed by atoms with Crippen LogP contribution in [-0.4, -0.2) is 65.6 Å². The number of para-hydroxylation sites is 1. The van der Waals surface area contributed by atoms with Gasteiger partial charge in [0.1, 0.15) is 36.1 Å². The van der Waals surface area contributed by atoms with Crippen molar-refractivity contribution in [2.75, 3.05) is 11.9 Å².